The summed E-state index contributed by atoms with van der Waals surface area (Å²) in [5.41, 5.74) is 5.94. The second-order valence-corrected chi connectivity index (χ2v) is 6.91. The van der Waals surface area contributed by atoms with Crippen molar-refractivity contribution in [1.82, 2.24) is 0 Å². The number of halogens is 1. The van der Waals surface area contributed by atoms with E-state index in [0.29, 0.717) is 0 Å². The summed E-state index contributed by atoms with van der Waals surface area (Å²) in [4.78, 5) is 2.12. The Morgan fingerprint density at radius 3 is 2.24 bits per heavy atom. The molecular formula is C23H22ClN. The molecule has 0 spiro atoms. The first kappa shape index (κ1) is 17.3. The summed E-state index contributed by atoms with van der Waals surface area (Å²) < 4.78 is 0. The molecule has 0 amide bonds. The molecule has 25 heavy (non-hydrogen) atoms. The summed E-state index contributed by atoms with van der Waals surface area (Å²) in [6.45, 7) is 6.15. The van der Waals surface area contributed by atoms with Crippen molar-refractivity contribution in [1.29, 1.82) is 0 Å². The van der Waals surface area contributed by atoms with E-state index in [0.717, 1.165) is 21.0 Å². The number of aryl methyl sites for hydroxylation is 1. The quantitative estimate of drug-likeness (QED) is 0.680. The van der Waals surface area contributed by atoms with E-state index in [1.165, 1.54) is 22.4 Å². The molecule has 0 fully saturated rings. The Morgan fingerprint density at radius 1 is 0.920 bits per heavy atom. The molecule has 0 heterocycles. The molecule has 0 radical (unpaired) electrons. The first-order chi connectivity index (χ1) is 12.0. The maximum atomic E-state index is 6.27. The van der Waals surface area contributed by atoms with Gasteiger partial charge in [0, 0.05) is 24.8 Å². The van der Waals surface area contributed by atoms with Gasteiger partial charge < -0.3 is 4.90 Å². The minimum atomic E-state index is 0.742. The third-order valence-corrected chi connectivity index (χ3v) is 4.59. The number of rotatable bonds is 3. The van der Waals surface area contributed by atoms with Crippen molar-refractivity contribution in [2.45, 2.75) is 6.92 Å². The summed E-state index contributed by atoms with van der Waals surface area (Å²) in [7, 11) is 4.12. The Hall–Kier alpha value is -2.51. The van der Waals surface area contributed by atoms with Crippen LogP contribution >= 0.6 is 11.6 Å². The highest BCUT2D eigenvalue weighted by Crippen LogP contribution is 2.28. The van der Waals surface area contributed by atoms with Crippen molar-refractivity contribution in [3.8, 4) is 0 Å². The van der Waals surface area contributed by atoms with Crippen molar-refractivity contribution >= 4 is 29.4 Å². The van der Waals surface area contributed by atoms with E-state index in [2.05, 4.69) is 68.9 Å². The Morgan fingerprint density at radius 2 is 1.64 bits per heavy atom. The first-order valence-corrected chi connectivity index (χ1v) is 8.67. The topological polar surface area (TPSA) is 3.24 Å². The molecule has 3 aromatic carbocycles. The zero-order chi connectivity index (χ0) is 18.0. The molecule has 0 aliphatic heterocycles. The van der Waals surface area contributed by atoms with Gasteiger partial charge in [0.2, 0.25) is 0 Å². The van der Waals surface area contributed by atoms with E-state index in [1.807, 2.05) is 30.3 Å². The van der Waals surface area contributed by atoms with Gasteiger partial charge in [0.1, 0.15) is 0 Å². The lowest BCUT2D eigenvalue weighted by Gasteiger charge is -2.17. The second kappa shape index (κ2) is 7.16. The van der Waals surface area contributed by atoms with Crippen LogP contribution < -0.4 is 15.3 Å². The highest BCUT2D eigenvalue weighted by atomic mass is 35.5. The number of benzene rings is 3. The molecular weight excluding hydrogens is 326 g/mol. The Kier molecular flexibility index (Phi) is 4.96. The van der Waals surface area contributed by atoms with Crippen LogP contribution in [0.2, 0.25) is 5.02 Å². The number of anilines is 1. The average molecular weight is 348 g/mol. The summed E-state index contributed by atoms with van der Waals surface area (Å²) >= 11 is 6.27. The van der Waals surface area contributed by atoms with Crippen molar-refractivity contribution in [2.24, 2.45) is 0 Å². The van der Waals surface area contributed by atoms with Gasteiger partial charge in [0.05, 0.1) is 0 Å². The largest absolute Gasteiger partial charge is 0.378 e. The fourth-order valence-electron chi connectivity index (χ4n) is 3.00. The Labute approximate surface area is 154 Å². The van der Waals surface area contributed by atoms with Crippen molar-refractivity contribution in [3.63, 3.8) is 0 Å². The predicted molar refractivity (Wildman–Crippen MR) is 110 cm³/mol. The maximum Gasteiger partial charge on any atom is 0.0412 e. The van der Waals surface area contributed by atoms with Gasteiger partial charge in [-0.1, -0.05) is 60.6 Å². The van der Waals surface area contributed by atoms with Crippen LogP contribution in [0.25, 0.3) is 12.2 Å². The van der Waals surface area contributed by atoms with Gasteiger partial charge in [-0.3, -0.25) is 0 Å². The van der Waals surface area contributed by atoms with E-state index >= 15 is 0 Å². The second-order valence-electron chi connectivity index (χ2n) is 6.48. The van der Waals surface area contributed by atoms with E-state index in [9.17, 15) is 0 Å². The van der Waals surface area contributed by atoms with Gasteiger partial charge in [0.25, 0.3) is 0 Å². The lowest BCUT2D eigenvalue weighted by Crippen LogP contribution is -2.13. The van der Waals surface area contributed by atoms with Crippen LogP contribution in [0.3, 0.4) is 0 Å². The molecule has 0 atom stereocenters. The zero-order valence-corrected chi connectivity index (χ0v) is 15.6. The predicted octanol–water partition coefficient (Wildman–Crippen LogP) is 4.37. The van der Waals surface area contributed by atoms with Crippen molar-refractivity contribution in [3.05, 3.63) is 98.9 Å². The SMILES string of the molecule is C=c1ccc(=C(c2cccc(Cl)c2)c2ccc(N(C)C)cc2C)cc1. The van der Waals surface area contributed by atoms with E-state index in [4.69, 9.17) is 11.6 Å². The number of hydrogen-bond donors (Lipinski definition) is 0. The molecule has 0 aliphatic rings. The number of nitrogens with zero attached hydrogens (tertiary/aromatic N) is 1. The Balaban J connectivity index is 2.32. The van der Waals surface area contributed by atoms with Crippen LogP contribution in [0.1, 0.15) is 16.7 Å². The molecule has 0 aliphatic carbocycles. The average Bonchev–Trinajstić information content (AvgIpc) is 2.58. The molecule has 126 valence electrons. The van der Waals surface area contributed by atoms with Gasteiger partial charge >= 0.3 is 0 Å². The molecule has 0 saturated heterocycles. The zero-order valence-electron chi connectivity index (χ0n) is 14.9. The monoisotopic (exact) mass is 347 g/mol. The van der Waals surface area contributed by atoms with E-state index in [1.54, 1.807) is 0 Å². The van der Waals surface area contributed by atoms with Gasteiger partial charge in [0.15, 0.2) is 0 Å². The van der Waals surface area contributed by atoms with Crippen LogP contribution in [-0.2, 0) is 0 Å². The van der Waals surface area contributed by atoms with E-state index < -0.39 is 0 Å². The summed E-state index contributed by atoms with van der Waals surface area (Å²) in [6.07, 6.45) is 0. The highest BCUT2D eigenvalue weighted by Gasteiger charge is 2.11. The molecule has 0 aromatic heterocycles. The van der Waals surface area contributed by atoms with E-state index in [-0.39, 0.29) is 0 Å². The maximum absolute atomic E-state index is 6.27. The molecule has 3 rings (SSSR count). The van der Waals surface area contributed by atoms with Gasteiger partial charge in [-0.05, 0) is 63.9 Å². The standard InChI is InChI=1S/C23H22ClN/c1-16-8-10-18(11-9-16)23(19-6-5-7-20(24)15-19)22-13-12-21(25(3)4)14-17(22)2/h5-15H,1H2,2-4H3. The Bertz CT molecular complexity index is 995. The summed E-state index contributed by atoms with van der Waals surface area (Å²) in [5, 5.41) is 2.91. The van der Waals surface area contributed by atoms with Crippen molar-refractivity contribution < 1.29 is 0 Å². The molecule has 0 N–H and O–H groups in total. The lowest BCUT2D eigenvalue weighted by molar-refractivity contribution is 1.13. The molecule has 0 saturated carbocycles. The minimum Gasteiger partial charge on any atom is -0.378 e. The third-order valence-electron chi connectivity index (χ3n) is 4.35. The third kappa shape index (κ3) is 3.78. The molecule has 0 bridgehead atoms. The van der Waals surface area contributed by atoms with Crippen LogP contribution in [0.15, 0.2) is 66.7 Å². The highest BCUT2D eigenvalue weighted by molar-refractivity contribution is 6.30. The summed E-state index contributed by atoms with van der Waals surface area (Å²) in [5.74, 6) is 0. The smallest absolute Gasteiger partial charge is 0.0412 e. The summed E-state index contributed by atoms with van der Waals surface area (Å²) in [6, 6.07) is 22.9. The van der Waals surface area contributed by atoms with Gasteiger partial charge in [-0.25, -0.2) is 0 Å². The first-order valence-electron chi connectivity index (χ1n) is 8.29. The minimum absolute atomic E-state index is 0.742. The van der Waals surface area contributed by atoms with Gasteiger partial charge in [-0.15, -0.1) is 0 Å². The van der Waals surface area contributed by atoms with Crippen LogP contribution in [-0.4, -0.2) is 14.1 Å². The molecule has 3 aromatic rings. The molecule has 0 unspecified atom stereocenters. The molecule has 2 heteroatoms. The van der Waals surface area contributed by atoms with Crippen molar-refractivity contribution in [2.75, 3.05) is 19.0 Å². The molecule has 1 nitrogen and oxygen atoms in total. The van der Waals surface area contributed by atoms with Crippen LogP contribution in [0.4, 0.5) is 5.69 Å². The number of hydrogen-bond acceptors (Lipinski definition) is 1. The normalized spacial score (nSPS) is 10.6. The van der Waals surface area contributed by atoms with Gasteiger partial charge in [-0.2, -0.15) is 0 Å². The fraction of sp³-hybridized carbons (Fsp3) is 0.130. The lowest BCUT2D eigenvalue weighted by atomic mass is 9.92. The van der Waals surface area contributed by atoms with Crippen LogP contribution in [0.5, 0.6) is 0 Å². The fourth-order valence-corrected chi connectivity index (χ4v) is 3.19. The van der Waals surface area contributed by atoms with Crippen LogP contribution in [0, 0.1) is 6.92 Å².